The number of carboxylic acids is 1. The molecule has 0 rings (SSSR count). The molecule has 0 aliphatic rings. The van der Waals surface area contributed by atoms with Gasteiger partial charge < -0.3 is 14.0 Å². The molecule has 0 atom stereocenters. The van der Waals surface area contributed by atoms with E-state index in [1.54, 1.807) is 13.0 Å². The molecule has 1 radical (unpaired) electrons. The zero-order chi connectivity index (χ0) is 12.6. The molecule has 0 unspecified atom stereocenters. The van der Waals surface area contributed by atoms with Gasteiger partial charge in [0.15, 0.2) is 0 Å². The lowest BCUT2D eigenvalue weighted by atomic mass is 10.2. The van der Waals surface area contributed by atoms with Gasteiger partial charge in [-0.2, -0.15) is 0 Å². The molecule has 0 amide bonds. The lowest BCUT2D eigenvalue weighted by molar-refractivity contribution is -0.132. The van der Waals surface area contributed by atoms with Gasteiger partial charge >= 0.3 is 14.5 Å². The molecule has 5 heteroatoms. The van der Waals surface area contributed by atoms with Gasteiger partial charge in [0.05, 0.1) is 0 Å². The third-order valence-electron chi connectivity index (χ3n) is 2.11. The van der Waals surface area contributed by atoms with Crippen molar-refractivity contribution in [1.29, 1.82) is 0 Å². The summed E-state index contributed by atoms with van der Waals surface area (Å²) in [6.45, 7) is 8.62. The van der Waals surface area contributed by atoms with E-state index in [4.69, 9.17) is 14.0 Å². The van der Waals surface area contributed by atoms with E-state index in [1.807, 2.05) is 26.4 Å². The second-order valence-electron chi connectivity index (χ2n) is 3.51. The minimum absolute atomic E-state index is 0.348. The molecule has 0 aromatic rings. The van der Waals surface area contributed by atoms with Gasteiger partial charge in [0.1, 0.15) is 0 Å². The predicted molar refractivity (Wildman–Crippen MR) is 65.2 cm³/mol. The quantitative estimate of drug-likeness (QED) is 0.526. The van der Waals surface area contributed by atoms with Crippen molar-refractivity contribution in [2.75, 3.05) is 13.2 Å². The average Bonchev–Trinajstić information content (AvgIpc) is 2.17. The van der Waals surface area contributed by atoms with Gasteiger partial charge in [-0.15, -0.1) is 0 Å². The Bertz CT molecular complexity index is 244. The fourth-order valence-electron chi connectivity index (χ4n) is 1.27. The Morgan fingerprint density at radius 2 is 1.81 bits per heavy atom. The number of rotatable bonds is 8. The van der Waals surface area contributed by atoms with Crippen molar-refractivity contribution < 1.29 is 18.8 Å². The van der Waals surface area contributed by atoms with Crippen molar-refractivity contribution >= 4 is 14.5 Å². The highest BCUT2D eigenvalue weighted by atomic mass is 28.4. The molecule has 0 saturated heterocycles. The fraction of sp³-hybridized carbons (Fsp3) is 0.636. The summed E-state index contributed by atoms with van der Waals surface area (Å²) in [4.78, 5) is 10.6. The van der Waals surface area contributed by atoms with Gasteiger partial charge in [0.2, 0.25) is 0 Å². The molecule has 0 bridgehead atoms. The van der Waals surface area contributed by atoms with Gasteiger partial charge in [-0.25, -0.2) is 4.79 Å². The monoisotopic (exact) mass is 245 g/mol. The molecule has 0 aliphatic heterocycles. The second kappa shape index (κ2) is 7.59. The fourth-order valence-corrected chi connectivity index (χ4v) is 3.28. The zero-order valence-corrected chi connectivity index (χ0v) is 11.4. The molecule has 1 N–H and O–H groups in total. The summed E-state index contributed by atoms with van der Waals surface area (Å²) in [7, 11) is -2.21. The summed E-state index contributed by atoms with van der Waals surface area (Å²) in [6.07, 6.45) is 2.24. The van der Waals surface area contributed by atoms with E-state index in [0.717, 1.165) is 0 Å². The van der Waals surface area contributed by atoms with Crippen LogP contribution in [0.5, 0.6) is 0 Å². The number of allylic oxidation sites excluding steroid dienone is 1. The number of hydrogen-bond acceptors (Lipinski definition) is 3. The highest BCUT2D eigenvalue weighted by molar-refractivity contribution is 6.69. The van der Waals surface area contributed by atoms with E-state index in [0.29, 0.717) is 25.2 Å². The third-order valence-corrected chi connectivity index (χ3v) is 4.81. The van der Waals surface area contributed by atoms with E-state index in [-0.39, 0.29) is 0 Å². The van der Waals surface area contributed by atoms with Crippen molar-refractivity contribution in [2.45, 2.75) is 33.7 Å². The standard InChI is InChI=1S/C11H21O4Si/c1-5-14-16(4,15-6-2)9-7-8-10(3)11(12)13/h8-9H,5-7H2,1-4H3,(H,12,13). The molecule has 93 valence electrons. The van der Waals surface area contributed by atoms with E-state index in [9.17, 15) is 4.79 Å². The lowest BCUT2D eigenvalue weighted by Crippen LogP contribution is -2.39. The molecular weight excluding hydrogens is 224 g/mol. The van der Waals surface area contributed by atoms with Crippen LogP contribution in [0.15, 0.2) is 11.6 Å². The number of carboxylic acid groups (broad SMARTS) is 1. The Hall–Kier alpha value is -0.653. The topological polar surface area (TPSA) is 55.8 Å². The van der Waals surface area contributed by atoms with Gasteiger partial charge in [-0.3, -0.25) is 0 Å². The maximum absolute atomic E-state index is 10.6. The van der Waals surface area contributed by atoms with Crippen LogP contribution in [-0.2, 0) is 13.6 Å². The summed E-state index contributed by atoms with van der Waals surface area (Å²) in [5.74, 6) is -0.885. The molecule has 0 spiro atoms. The Balaban J connectivity index is 4.22. The van der Waals surface area contributed by atoms with E-state index >= 15 is 0 Å². The summed E-state index contributed by atoms with van der Waals surface area (Å²) in [6, 6.07) is 1.96. The molecule has 0 aliphatic carbocycles. The summed E-state index contributed by atoms with van der Waals surface area (Å²) >= 11 is 0. The van der Waals surface area contributed by atoms with Gasteiger partial charge in [-0.05, 0) is 33.7 Å². The largest absolute Gasteiger partial charge is 0.478 e. The third kappa shape index (κ3) is 6.04. The molecule has 0 aromatic carbocycles. The van der Waals surface area contributed by atoms with E-state index < -0.39 is 14.5 Å². The van der Waals surface area contributed by atoms with Crippen LogP contribution < -0.4 is 0 Å². The molecule has 4 nitrogen and oxygen atoms in total. The van der Waals surface area contributed by atoms with E-state index in [2.05, 4.69) is 0 Å². The van der Waals surface area contributed by atoms with Crippen LogP contribution in [0.4, 0.5) is 0 Å². The molecule has 0 aromatic heterocycles. The van der Waals surface area contributed by atoms with Gasteiger partial charge in [0.25, 0.3) is 0 Å². The SMILES string of the molecule is CCO[Si](C)([CH]CC=C(C)C(=O)O)OCC. The molecule has 0 heterocycles. The van der Waals surface area contributed by atoms with Crippen LogP contribution >= 0.6 is 0 Å². The molecule has 0 saturated carbocycles. The first-order chi connectivity index (χ1) is 7.45. The van der Waals surface area contributed by atoms with Crippen LogP contribution in [0.25, 0.3) is 0 Å². The minimum Gasteiger partial charge on any atom is -0.478 e. The first kappa shape index (κ1) is 15.3. The highest BCUT2D eigenvalue weighted by Gasteiger charge is 2.29. The number of carbonyl (C=O) groups is 1. The molecular formula is C11H21O4Si. The smallest absolute Gasteiger partial charge is 0.338 e. The van der Waals surface area contributed by atoms with Crippen molar-refractivity contribution in [3.63, 3.8) is 0 Å². The second-order valence-corrected chi connectivity index (χ2v) is 6.53. The number of hydrogen-bond donors (Lipinski definition) is 1. The number of aliphatic carboxylic acids is 1. The normalized spacial score (nSPS) is 12.9. The van der Waals surface area contributed by atoms with Crippen LogP contribution in [0.3, 0.4) is 0 Å². The first-order valence-electron chi connectivity index (χ1n) is 5.47. The maximum Gasteiger partial charge on any atom is 0.338 e. The summed E-state index contributed by atoms with van der Waals surface area (Å²) < 4.78 is 11.2. The van der Waals surface area contributed by atoms with Crippen molar-refractivity contribution in [3.8, 4) is 0 Å². The molecule has 16 heavy (non-hydrogen) atoms. The zero-order valence-electron chi connectivity index (χ0n) is 10.4. The average molecular weight is 245 g/mol. The van der Waals surface area contributed by atoms with Crippen molar-refractivity contribution in [1.82, 2.24) is 0 Å². The van der Waals surface area contributed by atoms with Gasteiger partial charge in [0, 0.05) is 24.8 Å². The van der Waals surface area contributed by atoms with Crippen LogP contribution in [0, 0.1) is 6.04 Å². The van der Waals surface area contributed by atoms with E-state index in [1.165, 1.54) is 0 Å². The van der Waals surface area contributed by atoms with Crippen LogP contribution in [-0.4, -0.2) is 32.9 Å². The summed E-state index contributed by atoms with van der Waals surface area (Å²) in [5.41, 5.74) is 0.348. The first-order valence-corrected chi connectivity index (χ1v) is 7.87. The van der Waals surface area contributed by atoms with Crippen LogP contribution in [0.2, 0.25) is 6.55 Å². The summed E-state index contributed by atoms with van der Waals surface area (Å²) in [5, 5.41) is 8.68. The van der Waals surface area contributed by atoms with Crippen molar-refractivity contribution in [3.05, 3.63) is 17.7 Å². The maximum atomic E-state index is 10.6. The predicted octanol–water partition coefficient (Wildman–Crippen LogP) is 2.30. The Labute approximate surface area is 98.5 Å². The Kier molecular flexibility index (Phi) is 7.28. The van der Waals surface area contributed by atoms with Gasteiger partial charge in [-0.1, -0.05) is 6.08 Å². The molecule has 0 fully saturated rings. The van der Waals surface area contributed by atoms with Crippen molar-refractivity contribution in [2.24, 2.45) is 0 Å². The highest BCUT2D eigenvalue weighted by Crippen LogP contribution is 2.14. The Morgan fingerprint density at radius 3 is 2.19 bits per heavy atom. The van der Waals surface area contributed by atoms with Crippen LogP contribution in [0.1, 0.15) is 27.2 Å². The Morgan fingerprint density at radius 1 is 1.31 bits per heavy atom. The minimum atomic E-state index is -2.21. The lowest BCUT2D eigenvalue weighted by Gasteiger charge is -2.25.